The molecule has 0 heterocycles. The van der Waals surface area contributed by atoms with E-state index in [4.69, 9.17) is 0 Å². The molecule has 25 heavy (non-hydrogen) atoms. The molecule has 2 unspecified atom stereocenters. The van der Waals surface area contributed by atoms with Gasteiger partial charge in [-0.15, -0.1) is 0 Å². The van der Waals surface area contributed by atoms with Crippen LogP contribution in [0.5, 0.6) is 0 Å². The van der Waals surface area contributed by atoms with Crippen molar-refractivity contribution in [1.29, 1.82) is 0 Å². The van der Waals surface area contributed by atoms with Gasteiger partial charge in [0.25, 0.3) is 0 Å². The standard InChI is InChI=1S/C18H25F7/c1-2-3-12-4-6-13(7-5-12)14-8-10-15(11-9-14)16(19,20)17(21,22)18(23,24)25/h4,6,12-15H,2-3,5,7-11H2,1H3. The molecule has 0 bridgehead atoms. The third-order valence-electron chi connectivity index (χ3n) is 5.83. The fourth-order valence-corrected chi connectivity index (χ4v) is 4.26. The van der Waals surface area contributed by atoms with Crippen LogP contribution in [0.15, 0.2) is 12.2 Å². The fraction of sp³-hybridized carbons (Fsp3) is 0.889. The van der Waals surface area contributed by atoms with Gasteiger partial charge in [-0.25, -0.2) is 0 Å². The van der Waals surface area contributed by atoms with Gasteiger partial charge >= 0.3 is 18.0 Å². The molecule has 0 spiro atoms. The van der Waals surface area contributed by atoms with Crippen LogP contribution in [0.2, 0.25) is 0 Å². The Hall–Kier alpha value is -0.750. The predicted octanol–water partition coefficient (Wildman–Crippen LogP) is 7.01. The Balaban J connectivity index is 1.95. The van der Waals surface area contributed by atoms with Gasteiger partial charge in [-0.2, -0.15) is 30.7 Å². The SMILES string of the molecule is CCCC1C=CC(C2CCC(C(F)(F)C(F)(F)C(F)(F)F)CC2)CC1. The van der Waals surface area contributed by atoms with E-state index in [-0.39, 0.29) is 37.5 Å². The van der Waals surface area contributed by atoms with Crippen LogP contribution in [0.1, 0.15) is 58.3 Å². The lowest BCUT2D eigenvalue weighted by molar-refractivity contribution is -0.367. The summed E-state index contributed by atoms with van der Waals surface area (Å²) in [6.45, 7) is 2.11. The molecule has 146 valence electrons. The number of hydrogen-bond acceptors (Lipinski definition) is 0. The van der Waals surface area contributed by atoms with E-state index < -0.39 is 23.9 Å². The highest BCUT2D eigenvalue weighted by atomic mass is 19.4. The smallest absolute Gasteiger partial charge is 0.199 e. The molecule has 2 aliphatic rings. The van der Waals surface area contributed by atoms with Gasteiger partial charge in [-0.1, -0.05) is 25.5 Å². The molecule has 0 saturated heterocycles. The second-order valence-electron chi connectivity index (χ2n) is 7.48. The van der Waals surface area contributed by atoms with Crippen LogP contribution in [-0.4, -0.2) is 18.0 Å². The number of allylic oxidation sites excluding steroid dienone is 2. The fourth-order valence-electron chi connectivity index (χ4n) is 4.26. The second-order valence-corrected chi connectivity index (χ2v) is 7.48. The van der Waals surface area contributed by atoms with Crippen LogP contribution < -0.4 is 0 Å². The van der Waals surface area contributed by atoms with Gasteiger partial charge in [0.05, 0.1) is 0 Å². The van der Waals surface area contributed by atoms with E-state index in [0.29, 0.717) is 5.92 Å². The minimum atomic E-state index is -6.23. The molecule has 2 atom stereocenters. The summed E-state index contributed by atoms with van der Waals surface area (Å²) in [7, 11) is 0. The highest BCUT2D eigenvalue weighted by Crippen LogP contribution is 2.54. The molecule has 0 amide bonds. The first kappa shape index (κ1) is 20.6. The molecule has 0 aliphatic heterocycles. The van der Waals surface area contributed by atoms with E-state index in [1.54, 1.807) is 0 Å². The van der Waals surface area contributed by atoms with Gasteiger partial charge in [0, 0.05) is 5.92 Å². The van der Waals surface area contributed by atoms with Crippen LogP contribution >= 0.6 is 0 Å². The van der Waals surface area contributed by atoms with Crippen molar-refractivity contribution in [3.8, 4) is 0 Å². The van der Waals surface area contributed by atoms with Crippen LogP contribution in [0.3, 0.4) is 0 Å². The van der Waals surface area contributed by atoms with Crippen LogP contribution in [0, 0.1) is 23.7 Å². The van der Waals surface area contributed by atoms with E-state index >= 15 is 0 Å². The van der Waals surface area contributed by atoms with Gasteiger partial charge < -0.3 is 0 Å². The Kier molecular flexibility index (Phi) is 6.14. The molecule has 0 nitrogen and oxygen atoms in total. The molecule has 2 aliphatic carbocycles. The van der Waals surface area contributed by atoms with E-state index in [0.717, 1.165) is 25.7 Å². The topological polar surface area (TPSA) is 0 Å². The molecule has 2 rings (SSSR count). The summed E-state index contributed by atoms with van der Waals surface area (Å²) in [6, 6.07) is 0. The Morgan fingerprint density at radius 3 is 1.84 bits per heavy atom. The number of alkyl halides is 7. The summed E-state index contributed by atoms with van der Waals surface area (Å²) in [4.78, 5) is 0. The zero-order valence-corrected chi connectivity index (χ0v) is 14.3. The van der Waals surface area contributed by atoms with E-state index in [9.17, 15) is 30.7 Å². The molecule has 1 saturated carbocycles. The van der Waals surface area contributed by atoms with Crippen molar-refractivity contribution in [2.75, 3.05) is 0 Å². The molecule has 0 aromatic rings. The average Bonchev–Trinajstić information content (AvgIpc) is 2.55. The lowest BCUT2D eigenvalue weighted by Crippen LogP contribution is -2.56. The van der Waals surface area contributed by atoms with Crippen molar-refractivity contribution >= 4 is 0 Å². The Morgan fingerprint density at radius 1 is 0.800 bits per heavy atom. The maximum absolute atomic E-state index is 13.8. The second kappa shape index (κ2) is 7.47. The molecule has 7 heteroatoms. The summed E-state index contributed by atoms with van der Waals surface area (Å²) in [5, 5.41) is 0. The summed E-state index contributed by atoms with van der Waals surface area (Å²) in [5.74, 6) is -12.1. The lowest BCUT2D eigenvalue weighted by atomic mass is 9.70. The maximum atomic E-state index is 13.8. The zero-order valence-electron chi connectivity index (χ0n) is 14.3. The first-order valence-corrected chi connectivity index (χ1v) is 9.01. The van der Waals surface area contributed by atoms with Gasteiger partial charge in [0.2, 0.25) is 0 Å². The number of hydrogen-bond donors (Lipinski definition) is 0. The van der Waals surface area contributed by atoms with Crippen LogP contribution in [0.4, 0.5) is 30.7 Å². The largest absolute Gasteiger partial charge is 0.459 e. The Bertz CT molecular complexity index is 459. The van der Waals surface area contributed by atoms with Gasteiger partial charge in [0.1, 0.15) is 0 Å². The summed E-state index contributed by atoms with van der Waals surface area (Å²) >= 11 is 0. The maximum Gasteiger partial charge on any atom is 0.459 e. The van der Waals surface area contributed by atoms with Gasteiger partial charge in [-0.3, -0.25) is 0 Å². The van der Waals surface area contributed by atoms with Crippen molar-refractivity contribution in [2.45, 2.75) is 76.3 Å². The van der Waals surface area contributed by atoms with E-state index in [2.05, 4.69) is 19.1 Å². The van der Waals surface area contributed by atoms with Crippen molar-refractivity contribution in [3.05, 3.63) is 12.2 Å². The number of rotatable bonds is 5. The van der Waals surface area contributed by atoms with Crippen molar-refractivity contribution < 1.29 is 30.7 Å². The molecule has 0 aromatic carbocycles. The minimum absolute atomic E-state index is 0.102. The van der Waals surface area contributed by atoms with Gasteiger partial charge in [0.15, 0.2) is 0 Å². The highest BCUT2D eigenvalue weighted by molar-refractivity contribution is 5.02. The van der Waals surface area contributed by atoms with Gasteiger partial charge in [-0.05, 0) is 62.7 Å². The molecular formula is C18H25F7. The third-order valence-corrected chi connectivity index (χ3v) is 5.83. The lowest BCUT2D eigenvalue weighted by Gasteiger charge is -2.40. The molecule has 1 fully saturated rings. The summed E-state index contributed by atoms with van der Waals surface area (Å²) in [6.07, 6.45) is 2.16. The summed E-state index contributed by atoms with van der Waals surface area (Å²) < 4.78 is 90.9. The zero-order chi connectivity index (χ0) is 18.9. The van der Waals surface area contributed by atoms with E-state index in [1.807, 2.05) is 0 Å². The normalized spacial score (nSPS) is 32.0. The molecule has 0 radical (unpaired) electrons. The molecular weight excluding hydrogens is 349 g/mol. The third kappa shape index (κ3) is 4.16. The van der Waals surface area contributed by atoms with Crippen LogP contribution in [-0.2, 0) is 0 Å². The monoisotopic (exact) mass is 374 g/mol. The highest BCUT2D eigenvalue weighted by Gasteiger charge is 2.74. The average molecular weight is 374 g/mol. The Morgan fingerprint density at radius 2 is 1.40 bits per heavy atom. The Labute approximate surface area is 143 Å². The van der Waals surface area contributed by atoms with Crippen molar-refractivity contribution in [3.63, 3.8) is 0 Å². The quantitative estimate of drug-likeness (QED) is 0.359. The minimum Gasteiger partial charge on any atom is -0.199 e. The number of halogens is 7. The predicted molar refractivity (Wildman–Crippen MR) is 81.7 cm³/mol. The van der Waals surface area contributed by atoms with E-state index in [1.165, 1.54) is 0 Å². The molecule has 0 N–H and O–H groups in total. The first-order chi connectivity index (χ1) is 11.5. The van der Waals surface area contributed by atoms with Crippen molar-refractivity contribution in [1.82, 2.24) is 0 Å². The first-order valence-electron chi connectivity index (χ1n) is 9.01. The molecule has 0 aromatic heterocycles. The van der Waals surface area contributed by atoms with Crippen LogP contribution in [0.25, 0.3) is 0 Å². The summed E-state index contributed by atoms with van der Waals surface area (Å²) in [5.41, 5.74) is 0. The van der Waals surface area contributed by atoms with Crippen molar-refractivity contribution in [2.24, 2.45) is 23.7 Å².